The van der Waals surface area contributed by atoms with Crippen LogP contribution >= 0.6 is 0 Å². The maximum Gasteiger partial charge on any atom is 0.240 e. The van der Waals surface area contributed by atoms with Gasteiger partial charge in [0.15, 0.2) is 0 Å². The van der Waals surface area contributed by atoms with Crippen LogP contribution in [0.25, 0.3) is 0 Å². The molecule has 3 nitrogen and oxygen atoms in total. The number of benzene rings is 1. The molecule has 1 amide bonds. The number of rotatable bonds is 1. The number of carbonyl (C=O) groups excluding carboxylic acids is 1. The van der Waals surface area contributed by atoms with Crippen molar-refractivity contribution in [2.45, 2.75) is 6.92 Å². The SMILES string of the molecule is C=CC(N)=O.Cc1ccccc1O. The molecule has 0 aliphatic heterocycles. The summed E-state index contributed by atoms with van der Waals surface area (Å²) in [4.78, 5) is 9.47. The summed E-state index contributed by atoms with van der Waals surface area (Å²) < 4.78 is 0. The lowest BCUT2D eigenvalue weighted by Crippen LogP contribution is -2.04. The predicted octanol–water partition coefficient (Wildman–Crippen LogP) is 1.36. The number of phenols is 1. The molecule has 0 fully saturated rings. The van der Waals surface area contributed by atoms with Crippen molar-refractivity contribution < 1.29 is 9.90 Å². The summed E-state index contributed by atoms with van der Waals surface area (Å²) in [5, 5.41) is 8.92. The molecule has 3 heteroatoms. The van der Waals surface area contributed by atoms with E-state index >= 15 is 0 Å². The van der Waals surface area contributed by atoms with Crippen LogP contribution in [0.1, 0.15) is 5.56 Å². The van der Waals surface area contributed by atoms with E-state index < -0.39 is 5.91 Å². The summed E-state index contributed by atoms with van der Waals surface area (Å²) in [6.45, 7) is 4.96. The predicted molar refractivity (Wildman–Crippen MR) is 52.2 cm³/mol. The van der Waals surface area contributed by atoms with Gasteiger partial charge in [0.2, 0.25) is 5.91 Å². The molecule has 0 saturated heterocycles. The number of hydrogen-bond donors (Lipinski definition) is 2. The summed E-state index contributed by atoms with van der Waals surface area (Å²) >= 11 is 0. The van der Waals surface area contributed by atoms with Crippen LogP contribution < -0.4 is 5.73 Å². The highest BCUT2D eigenvalue weighted by molar-refractivity contribution is 5.84. The largest absolute Gasteiger partial charge is 0.508 e. The van der Waals surface area contributed by atoms with Crippen molar-refractivity contribution in [3.63, 3.8) is 0 Å². The van der Waals surface area contributed by atoms with Gasteiger partial charge in [0.1, 0.15) is 5.75 Å². The van der Waals surface area contributed by atoms with E-state index in [4.69, 9.17) is 5.11 Å². The molecule has 0 aliphatic carbocycles. The number of carbonyl (C=O) groups is 1. The number of phenolic OH excluding ortho intramolecular Hbond substituents is 1. The van der Waals surface area contributed by atoms with E-state index in [1.807, 2.05) is 25.1 Å². The molecule has 1 aromatic carbocycles. The Morgan fingerprint density at radius 1 is 1.54 bits per heavy atom. The number of aryl methyl sites for hydroxylation is 1. The van der Waals surface area contributed by atoms with Gasteiger partial charge in [0, 0.05) is 0 Å². The second kappa shape index (κ2) is 5.83. The van der Waals surface area contributed by atoms with Crippen LogP contribution in [0.5, 0.6) is 5.75 Å². The van der Waals surface area contributed by atoms with Crippen LogP contribution in [-0.4, -0.2) is 11.0 Å². The third kappa shape index (κ3) is 5.49. The quantitative estimate of drug-likeness (QED) is 0.639. The van der Waals surface area contributed by atoms with E-state index in [1.54, 1.807) is 6.07 Å². The second-order valence-corrected chi connectivity index (χ2v) is 2.39. The molecule has 13 heavy (non-hydrogen) atoms. The highest BCUT2D eigenvalue weighted by Crippen LogP contribution is 2.12. The lowest BCUT2D eigenvalue weighted by Gasteiger charge is -1.92. The number of hydrogen-bond acceptors (Lipinski definition) is 2. The minimum Gasteiger partial charge on any atom is -0.508 e. The summed E-state index contributed by atoms with van der Waals surface area (Å²) in [7, 11) is 0. The molecule has 0 heterocycles. The van der Waals surface area contributed by atoms with Gasteiger partial charge in [0.25, 0.3) is 0 Å². The molecule has 0 spiro atoms. The number of nitrogens with two attached hydrogens (primary N) is 1. The average Bonchev–Trinajstić information content (AvgIpc) is 2.11. The van der Waals surface area contributed by atoms with Gasteiger partial charge in [-0.2, -0.15) is 0 Å². The molecular formula is C10H13NO2. The lowest BCUT2D eigenvalue weighted by molar-refractivity contribution is -0.113. The van der Waals surface area contributed by atoms with Crippen LogP contribution in [0.3, 0.4) is 0 Å². The Balaban J connectivity index is 0.000000252. The first kappa shape index (κ1) is 11.2. The molecule has 1 aromatic rings. The van der Waals surface area contributed by atoms with E-state index in [0.717, 1.165) is 11.6 Å². The van der Waals surface area contributed by atoms with Gasteiger partial charge in [-0.25, -0.2) is 0 Å². The standard InChI is InChI=1S/C7H8O.C3H5NO/c1-6-4-2-3-5-7(6)8;1-2-3(4)5/h2-5,8H,1H3;2H,1H2,(H2,4,5). The van der Waals surface area contributed by atoms with Crippen molar-refractivity contribution in [3.8, 4) is 5.75 Å². The minimum absolute atomic E-state index is 0.368. The first-order valence-electron chi connectivity index (χ1n) is 3.74. The Bertz CT molecular complexity index is 274. The third-order valence-corrected chi connectivity index (χ3v) is 1.32. The van der Waals surface area contributed by atoms with Crippen molar-refractivity contribution in [2.24, 2.45) is 5.73 Å². The van der Waals surface area contributed by atoms with Crippen LogP contribution in [0.15, 0.2) is 36.9 Å². The minimum atomic E-state index is -0.481. The molecular weight excluding hydrogens is 166 g/mol. The molecule has 0 aromatic heterocycles. The van der Waals surface area contributed by atoms with Crippen LogP contribution in [0, 0.1) is 6.92 Å². The molecule has 3 N–H and O–H groups in total. The van der Waals surface area contributed by atoms with Crippen LogP contribution in [-0.2, 0) is 4.79 Å². The number of para-hydroxylation sites is 1. The summed E-state index contributed by atoms with van der Waals surface area (Å²) in [5.74, 6) is -0.113. The zero-order valence-electron chi connectivity index (χ0n) is 7.53. The molecule has 0 radical (unpaired) electrons. The summed E-state index contributed by atoms with van der Waals surface area (Å²) in [6, 6.07) is 7.25. The fraction of sp³-hybridized carbons (Fsp3) is 0.100. The van der Waals surface area contributed by atoms with Gasteiger partial charge in [-0.1, -0.05) is 24.8 Å². The Morgan fingerprint density at radius 2 is 2.00 bits per heavy atom. The fourth-order valence-electron chi connectivity index (χ4n) is 0.563. The zero-order chi connectivity index (χ0) is 10.3. The van der Waals surface area contributed by atoms with Crippen LogP contribution in [0.4, 0.5) is 0 Å². The molecule has 70 valence electrons. The molecule has 0 saturated carbocycles. The van der Waals surface area contributed by atoms with Gasteiger partial charge < -0.3 is 10.8 Å². The summed E-state index contributed by atoms with van der Waals surface area (Å²) in [6.07, 6.45) is 1.06. The van der Waals surface area contributed by atoms with Crippen LogP contribution in [0.2, 0.25) is 0 Å². The van der Waals surface area contributed by atoms with Crippen molar-refractivity contribution in [2.75, 3.05) is 0 Å². The normalized spacial score (nSPS) is 8.08. The van der Waals surface area contributed by atoms with E-state index in [9.17, 15) is 4.79 Å². The van der Waals surface area contributed by atoms with E-state index in [1.165, 1.54) is 0 Å². The maximum absolute atomic E-state index is 9.47. The number of amides is 1. The van der Waals surface area contributed by atoms with Gasteiger partial charge >= 0.3 is 0 Å². The fourth-order valence-corrected chi connectivity index (χ4v) is 0.563. The lowest BCUT2D eigenvalue weighted by atomic mass is 10.2. The molecule has 0 bridgehead atoms. The van der Waals surface area contributed by atoms with Gasteiger partial charge in [-0.3, -0.25) is 4.79 Å². The number of aromatic hydroxyl groups is 1. The van der Waals surface area contributed by atoms with E-state index in [0.29, 0.717) is 5.75 Å². The van der Waals surface area contributed by atoms with Gasteiger partial charge in [-0.05, 0) is 24.6 Å². The Morgan fingerprint density at radius 3 is 2.23 bits per heavy atom. The van der Waals surface area contributed by atoms with Gasteiger partial charge in [0.05, 0.1) is 0 Å². The first-order valence-corrected chi connectivity index (χ1v) is 3.74. The zero-order valence-corrected chi connectivity index (χ0v) is 7.53. The topological polar surface area (TPSA) is 63.3 Å². The first-order chi connectivity index (χ1) is 6.07. The molecule has 0 atom stereocenters. The summed E-state index contributed by atoms with van der Waals surface area (Å²) in [5.41, 5.74) is 5.46. The third-order valence-electron chi connectivity index (χ3n) is 1.32. The monoisotopic (exact) mass is 179 g/mol. The average molecular weight is 179 g/mol. The molecule has 1 rings (SSSR count). The smallest absolute Gasteiger partial charge is 0.240 e. The van der Waals surface area contributed by atoms with Gasteiger partial charge in [-0.15, -0.1) is 0 Å². The maximum atomic E-state index is 9.47. The molecule has 0 aliphatic rings. The van der Waals surface area contributed by atoms with Crippen molar-refractivity contribution >= 4 is 5.91 Å². The van der Waals surface area contributed by atoms with E-state index in [2.05, 4.69) is 12.3 Å². The Hall–Kier alpha value is -1.77. The molecule has 0 unspecified atom stereocenters. The highest BCUT2D eigenvalue weighted by atomic mass is 16.3. The Kier molecular flexibility index (Phi) is 5.03. The van der Waals surface area contributed by atoms with Crippen molar-refractivity contribution in [1.82, 2.24) is 0 Å². The highest BCUT2D eigenvalue weighted by Gasteiger charge is 1.86. The second-order valence-electron chi connectivity index (χ2n) is 2.39. The number of primary amides is 1. The Labute approximate surface area is 77.5 Å². The van der Waals surface area contributed by atoms with E-state index in [-0.39, 0.29) is 0 Å². The van der Waals surface area contributed by atoms with Crippen molar-refractivity contribution in [3.05, 3.63) is 42.5 Å². The van der Waals surface area contributed by atoms with Crippen molar-refractivity contribution in [1.29, 1.82) is 0 Å².